The number of fused-ring (bicyclic) bond motifs is 1. The van der Waals surface area contributed by atoms with Gasteiger partial charge in [-0.3, -0.25) is 9.69 Å². The average molecular weight is 342 g/mol. The molecule has 2 aliphatic heterocycles. The van der Waals surface area contributed by atoms with Crippen molar-refractivity contribution in [1.29, 1.82) is 0 Å². The van der Waals surface area contributed by atoms with Crippen molar-refractivity contribution in [2.75, 3.05) is 26.2 Å². The molecule has 0 spiro atoms. The highest BCUT2D eigenvalue weighted by molar-refractivity contribution is 9.10. The predicted molar refractivity (Wildman–Crippen MR) is 79.8 cm³/mol. The first kappa shape index (κ1) is 14.1. The van der Waals surface area contributed by atoms with Gasteiger partial charge in [-0.2, -0.15) is 0 Å². The van der Waals surface area contributed by atoms with Gasteiger partial charge in [0.25, 0.3) is 5.91 Å². The number of amides is 1. The third-order valence-electron chi connectivity index (χ3n) is 4.16. The summed E-state index contributed by atoms with van der Waals surface area (Å²) in [6, 6.07) is 2.43. The minimum Gasteiger partial charge on any atom is -0.373 e. The highest BCUT2D eigenvalue weighted by atomic mass is 79.9. The molecular formula is C14H20BrN3O2. The summed E-state index contributed by atoms with van der Waals surface area (Å²) < 4.78 is 8.57. The number of nitrogens with one attached hydrogen (secondary N) is 1. The number of carbonyl (C=O) groups excluding carboxylic acids is 1. The van der Waals surface area contributed by atoms with Crippen molar-refractivity contribution in [3.63, 3.8) is 0 Å². The van der Waals surface area contributed by atoms with E-state index in [1.165, 1.54) is 19.4 Å². The van der Waals surface area contributed by atoms with Crippen LogP contribution in [0.25, 0.3) is 0 Å². The molecule has 20 heavy (non-hydrogen) atoms. The Morgan fingerprint density at radius 1 is 1.60 bits per heavy atom. The van der Waals surface area contributed by atoms with Crippen LogP contribution in [0.4, 0.5) is 0 Å². The lowest BCUT2D eigenvalue weighted by atomic mass is 10.2. The van der Waals surface area contributed by atoms with Gasteiger partial charge in [0.2, 0.25) is 0 Å². The van der Waals surface area contributed by atoms with E-state index >= 15 is 0 Å². The number of hydrogen-bond acceptors (Lipinski definition) is 3. The first-order valence-electron chi connectivity index (χ1n) is 7.09. The van der Waals surface area contributed by atoms with Crippen molar-refractivity contribution in [3.8, 4) is 0 Å². The largest absolute Gasteiger partial charge is 0.373 e. The van der Waals surface area contributed by atoms with E-state index < -0.39 is 0 Å². The highest BCUT2D eigenvalue weighted by Crippen LogP contribution is 2.22. The zero-order valence-electron chi connectivity index (χ0n) is 11.6. The summed E-state index contributed by atoms with van der Waals surface area (Å²) in [6.45, 7) is 3.48. The van der Waals surface area contributed by atoms with E-state index in [-0.39, 0.29) is 12.0 Å². The van der Waals surface area contributed by atoms with Gasteiger partial charge in [0, 0.05) is 36.8 Å². The molecule has 1 aromatic heterocycles. The fourth-order valence-corrected chi connectivity index (χ4v) is 3.58. The zero-order chi connectivity index (χ0) is 14.1. The molecule has 5 nitrogen and oxygen atoms in total. The number of carbonyl (C=O) groups is 1. The van der Waals surface area contributed by atoms with Crippen LogP contribution in [0.1, 0.15) is 23.3 Å². The molecule has 2 atom stereocenters. The number of morpholine rings is 1. The second kappa shape index (κ2) is 5.87. The van der Waals surface area contributed by atoms with E-state index in [0.717, 1.165) is 17.6 Å². The average Bonchev–Trinajstić information content (AvgIpc) is 3.01. The van der Waals surface area contributed by atoms with Crippen molar-refractivity contribution in [1.82, 2.24) is 14.8 Å². The number of halogens is 1. The summed E-state index contributed by atoms with van der Waals surface area (Å²) >= 11 is 3.38. The maximum Gasteiger partial charge on any atom is 0.268 e. The van der Waals surface area contributed by atoms with Crippen LogP contribution >= 0.6 is 15.9 Å². The Balaban J connectivity index is 1.52. The molecule has 3 rings (SSSR count). The second-order valence-electron chi connectivity index (χ2n) is 5.61. The molecule has 1 N–H and O–H groups in total. The molecule has 110 valence electrons. The quantitative estimate of drug-likeness (QED) is 0.903. The first-order chi connectivity index (χ1) is 9.63. The van der Waals surface area contributed by atoms with E-state index in [1.54, 1.807) is 0 Å². The van der Waals surface area contributed by atoms with Crippen molar-refractivity contribution in [2.45, 2.75) is 25.0 Å². The summed E-state index contributed by atoms with van der Waals surface area (Å²) in [5.74, 6) is -0.0506. The van der Waals surface area contributed by atoms with Crippen molar-refractivity contribution >= 4 is 21.8 Å². The standard InChI is InChI=1S/C14H20BrN3O2/c1-17-7-10(15)5-13(17)14(19)16-6-12-8-18-4-2-3-11(18)9-20-12/h5,7,11-12H,2-4,6,8-9H2,1H3,(H,16,19). The Bertz CT molecular complexity index is 503. The summed E-state index contributed by atoms with van der Waals surface area (Å²) in [5.41, 5.74) is 0.659. The summed E-state index contributed by atoms with van der Waals surface area (Å²) in [6.07, 6.45) is 4.50. The lowest BCUT2D eigenvalue weighted by Crippen LogP contribution is -2.50. The Morgan fingerprint density at radius 3 is 3.20 bits per heavy atom. The second-order valence-corrected chi connectivity index (χ2v) is 6.53. The molecule has 2 aliphatic rings. The lowest BCUT2D eigenvalue weighted by molar-refractivity contribution is -0.0462. The molecule has 0 bridgehead atoms. The first-order valence-corrected chi connectivity index (χ1v) is 7.88. The molecular weight excluding hydrogens is 322 g/mol. The predicted octanol–water partition coefficient (Wildman–Crippen LogP) is 1.38. The SMILES string of the molecule is Cn1cc(Br)cc1C(=O)NCC1CN2CCCC2CO1. The fourth-order valence-electron chi connectivity index (χ4n) is 3.06. The summed E-state index contributed by atoms with van der Waals surface area (Å²) in [4.78, 5) is 14.6. The minimum absolute atomic E-state index is 0.0506. The molecule has 0 saturated carbocycles. The Hall–Kier alpha value is -0.850. The van der Waals surface area contributed by atoms with Crippen molar-refractivity contribution in [2.24, 2.45) is 7.05 Å². The van der Waals surface area contributed by atoms with Crippen LogP contribution in [-0.4, -0.2) is 53.8 Å². The van der Waals surface area contributed by atoms with Gasteiger partial charge in [-0.1, -0.05) is 0 Å². The van der Waals surface area contributed by atoms with E-state index in [4.69, 9.17) is 4.74 Å². The van der Waals surface area contributed by atoms with Gasteiger partial charge in [-0.25, -0.2) is 0 Å². The topological polar surface area (TPSA) is 46.5 Å². The number of nitrogens with zero attached hydrogens (tertiary/aromatic N) is 2. The lowest BCUT2D eigenvalue weighted by Gasteiger charge is -2.35. The van der Waals surface area contributed by atoms with Gasteiger partial charge in [-0.05, 0) is 41.4 Å². The Labute approximate surface area is 127 Å². The monoisotopic (exact) mass is 341 g/mol. The van der Waals surface area contributed by atoms with Crippen LogP contribution in [-0.2, 0) is 11.8 Å². The molecule has 0 radical (unpaired) electrons. The Morgan fingerprint density at radius 2 is 2.45 bits per heavy atom. The van der Waals surface area contributed by atoms with Crippen molar-refractivity contribution in [3.05, 3.63) is 22.4 Å². The zero-order valence-corrected chi connectivity index (χ0v) is 13.2. The van der Waals surface area contributed by atoms with Crippen molar-refractivity contribution < 1.29 is 9.53 Å². The summed E-state index contributed by atoms with van der Waals surface area (Å²) in [7, 11) is 1.87. The van der Waals surface area contributed by atoms with Gasteiger partial charge in [0.15, 0.2) is 0 Å². The van der Waals surface area contributed by atoms with E-state index in [1.807, 2.05) is 23.9 Å². The van der Waals surface area contributed by atoms with Gasteiger partial charge >= 0.3 is 0 Å². The van der Waals surface area contributed by atoms with Crippen LogP contribution in [0.5, 0.6) is 0 Å². The fraction of sp³-hybridized carbons (Fsp3) is 0.643. The van der Waals surface area contributed by atoms with Crippen LogP contribution in [0, 0.1) is 0 Å². The molecule has 0 aliphatic carbocycles. The third-order valence-corrected chi connectivity index (χ3v) is 4.59. The molecule has 1 amide bonds. The van der Waals surface area contributed by atoms with E-state index in [0.29, 0.717) is 18.3 Å². The maximum atomic E-state index is 12.1. The minimum atomic E-state index is -0.0506. The van der Waals surface area contributed by atoms with Gasteiger partial charge in [0.05, 0.1) is 12.7 Å². The molecule has 0 aromatic carbocycles. The third kappa shape index (κ3) is 2.92. The van der Waals surface area contributed by atoms with Crippen LogP contribution in [0.15, 0.2) is 16.7 Å². The van der Waals surface area contributed by atoms with Gasteiger partial charge in [0.1, 0.15) is 5.69 Å². The molecule has 3 heterocycles. The van der Waals surface area contributed by atoms with Crippen LogP contribution in [0.3, 0.4) is 0 Å². The maximum absolute atomic E-state index is 12.1. The van der Waals surface area contributed by atoms with Crippen LogP contribution < -0.4 is 5.32 Å². The number of hydrogen-bond donors (Lipinski definition) is 1. The smallest absolute Gasteiger partial charge is 0.268 e. The molecule has 2 unspecified atom stereocenters. The number of aromatic nitrogens is 1. The molecule has 1 aromatic rings. The van der Waals surface area contributed by atoms with E-state index in [2.05, 4.69) is 26.1 Å². The molecule has 2 fully saturated rings. The van der Waals surface area contributed by atoms with Gasteiger partial charge < -0.3 is 14.6 Å². The number of ether oxygens (including phenoxy) is 1. The van der Waals surface area contributed by atoms with E-state index in [9.17, 15) is 4.79 Å². The van der Waals surface area contributed by atoms with Gasteiger partial charge in [-0.15, -0.1) is 0 Å². The highest BCUT2D eigenvalue weighted by Gasteiger charge is 2.32. The number of rotatable bonds is 3. The van der Waals surface area contributed by atoms with Crippen LogP contribution in [0.2, 0.25) is 0 Å². The Kier molecular flexibility index (Phi) is 4.14. The normalized spacial score (nSPS) is 26.5. The number of aryl methyl sites for hydroxylation is 1. The molecule has 2 saturated heterocycles. The molecule has 6 heteroatoms. The summed E-state index contributed by atoms with van der Waals surface area (Å²) in [5, 5.41) is 2.97.